The fourth-order valence-corrected chi connectivity index (χ4v) is 3.25. The Kier molecular flexibility index (Phi) is 6.44. The third kappa shape index (κ3) is 7.01. The van der Waals surface area contributed by atoms with Crippen LogP contribution in [0.15, 0.2) is 0 Å². The quantitative estimate of drug-likeness (QED) is 0.688. The fraction of sp³-hybridized carbons (Fsp3) is 1.00. The Morgan fingerprint density at radius 1 is 1.18 bits per heavy atom. The molecule has 0 aromatic heterocycles. The first-order valence-electron chi connectivity index (χ1n) is 6.63. The summed E-state index contributed by atoms with van der Waals surface area (Å²) in [5.41, 5.74) is 0. The monoisotopic (exact) mass is 262 g/mol. The van der Waals surface area contributed by atoms with E-state index in [0.29, 0.717) is 24.6 Å². The zero-order chi connectivity index (χ0) is 12.7. The molecule has 1 heterocycles. The second-order valence-corrected chi connectivity index (χ2v) is 7.58. The second-order valence-electron chi connectivity index (χ2n) is 5.28. The smallest absolute Gasteiger partial charge is 0.152 e. The highest BCUT2D eigenvalue weighted by atomic mass is 32.2. The third-order valence-corrected chi connectivity index (χ3v) is 4.79. The van der Waals surface area contributed by atoms with Gasteiger partial charge in [-0.1, -0.05) is 13.8 Å². The lowest BCUT2D eigenvalue weighted by molar-refractivity contribution is 0.294. The predicted molar refractivity (Wildman–Crippen MR) is 72.0 cm³/mol. The maximum Gasteiger partial charge on any atom is 0.152 e. The van der Waals surface area contributed by atoms with Crippen LogP contribution >= 0.6 is 0 Å². The minimum absolute atomic E-state index is 0.334. The van der Waals surface area contributed by atoms with Gasteiger partial charge in [0.2, 0.25) is 0 Å². The van der Waals surface area contributed by atoms with Crippen LogP contribution in [0.3, 0.4) is 0 Å². The topological polar surface area (TPSA) is 49.4 Å². The zero-order valence-electron chi connectivity index (χ0n) is 11.1. The van der Waals surface area contributed by atoms with Gasteiger partial charge in [-0.3, -0.25) is 0 Å². The van der Waals surface area contributed by atoms with Crippen LogP contribution < -0.4 is 5.32 Å². The van der Waals surface area contributed by atoms with E-state index in [4.69, 9.17) is 0 Å². The van der Waals surface area contributed by atoms with Crippen LogP contribution in [0.1, 0.15) is 26.7 Å². The second kappa shape index (κ2) is 7.34. The summed E-state index contributed by atoms with van der Waals surface area (Å²) < 4.78 is 22.5. The Labute approximate surface area is 106 Å². The Bertz CT molecular complexity index is 288. The van der Waals surface area contributed by atoms with Crippen molar-refractivity contribution in [3.63, 3.8) is 0 Å². The lowest BCUT2D eigenvalue weighted by atomic mass is 10.1. The van der Waals surface area contributed by atoms with E-state index in [1.165, 1.54) is 12.8 Å². The first kappa shape index (κ1) is 14.9. The van der Waals surface area contributed by atoms with Crippen LogP contribution in [0.25, 0.3) is 0 Å². The van der Waals surface area contributed by atoms with E-state index in [-0.39, 0.29) is 0 Å². The van der Waals surface area contributed by atoms with Gasteiger partial charge in [0.25, 0.3) is 0 Å². The van der Waals surface area contributed by atoms with Crippen molar-refractivity contribution in [3.05, 3.63) is 0 Å². The molecule has 17 heavy (non-hydrogen) atoms. The summed E-state index contributed by atoms with van der Waals surface area (Å²) in [7, 11) is -2.73. The molecule has 1 saturated heterocycles. The third-order valence-electron chi connectivity index (χ3n) is 3.18. The molecule has 5 heteroatoms. The van der Waals surface area contributed by atoms with Gasteiger partial charge in [0.05, 0.1) is 11.5 Å². The zero-order valence-corrected chi connectivity index (χ0v) is 11.9. The summed E-state index contributed by atoms with van der Waals surface area (Å²) in [4.78, 5) is 2.23. The molecule has 0 aliphatic carbocycles. The molecule has 0 spiro atoms. The highest BCUT2D eigenvalue weighted by Gasteiger charge is 2.20. The van der Waals surface area contributed by atoms with Gasteiger partial charge < -0.3 is 10.2 Å². The number of nitrogens with zero attached hydrogens (tertiary/aromatic N) is 1. The minimum atomic E-state index is -2.73. The molecule has 1 rings (SSSR count). The Hall–Kier alpha value is -0.130. The van der Waals surface area contributed by atoms with E-state index in [2.05, 4.69) is 24.1 Å². The van der Waals surface area contributed by atoms with Gasteiger partial charge in [-0.25, -0.2) is 8.42 Å². The van der Waals surface area contributed by atoms with Crippen LogP contribution in [-0.4, -0.2) is 57.5 Å². The van der Waals surface area contributed by atoms with Gasteiger partial charge in [-0.15, -0.1) is 0 Å². The average Bonchev–Trinajstić information content (AvgIpc) is 2.25. The Morgan fingerprint density at radius 2 is 1.82 bits per heavy atom. The minimum Gasteiger partial charge on any atom is -0.315 e. The largest absolute Gasteiger partial charge is 0.315 e. The molecular formula is C12H26N2O2S. The van der Waals surface area contributed by atoms with Crippen LogP contribution in [0.5, 0.6) is 0 Å². The normalized spacial score (nSPS) is 20.9. The van der Waals surface area contributed by atoms with Crippen LogP contribution in [0, 0.1) is 5.92 Å². The number of nitrogens with one attached hydrogen (secondary N) is 1. The maximum atomic E-state index is 11.2. The molecule has 0 saturated carbocycles. The van der Waals surface area contributed by atoms with Gasteiger partial charge in [0.1, 0.15) is 0 Å². The van der Waals surface area contributed by atoms with E-state index in [9.17, 15) is 8.42 Å². The first-order chi connectivity index (χ1) is 7.99. The Morgan fingerprint density at radius 3 is 2.41 bits per heavy atom. The fourth-order valence-electron chi connectivity index (χ4n) is 1.97. The van der Waals surface area contributed by atoms with Crippen molar-refractivity contribution < 1.29 is 8.42 Å². The lowest BCUT2D eigenvalue weighted by Crippen LogP contribution is -2.43. The molecule has 0 aromatic carbocycles. The van der Waals surface area contributed by atoms with Crippen molar-refractivity contribution in [2.75, 3.05) is 44.2 Å². The molecule has 1 aliphatic rings. The number of sulfone groups is 1. The summed E-state index contributed by atoms with van der Waals surface area (Å²) >= 11 is 0. The molecule has 1 fully saturated rings. The van der Waals surface area contributed by atoms with Crippen molar-refractivity contribution in [2.24, 2.45) is 5.92 Å². The molecule has 0 amide bonds. The lowest BCUT2D eigenvalue weighted by Gasteiger charge is -2.26. The summed E-state index contributed by atoms with van der Waals surface area (Å²) in [5.74, 6) is 1.45. The number of rotatable bonds is 7. The van der Waals surface area contributed by atoms with Gasteiger partial charge in [0.15, 0.2) is 9.84 Å². The highest BCUT2D eigenvalue weighted by molar-refractivity contribution is 7.91. The van der Waals surface area contributed by atoms with Crippen molar-refractivity contribution in [1.29, 1.82) is 0 Å². The standard InChI is InChI=1S/C12H26N2O2S/c1-12(2)4-3-5-13-6-7-14-8-10-17(15,16)11-9-14/h12-13H,3-11H2,1-2H3. The van der Waals surface area contributed by atoms with Crippen molar-refractivity contribution in [2.45, 2.75) is 26.7 Å². The summed E-state index contributed by atoms with van der Waals surface area (Å²) in [6.45, 7) is 8.91. The molecule has 1 aliphatic heterocycles. The first-order valence-corrected chi connectivity index (χ1v) is 8.45. The molecule has 102 valence electrons. The van der Waals surface area contributed by atoms with Gasteiger partial charge >= 0.3 is 0 Å². The van der Waals surface area contributed by atoms with E-state index in [0.717, 1.165) is 25.6 Å². The molecule has 0 unspecified atom stereocenters. The van der Waals surface area contributed by atoms with Crippen molar-refractivity contribution in [3.8, 4) is 0 Å². The molecule has 0 radical (unpaired) electrons. The summed E-state index contributed by atoms with van der Waals surface area (Å²) in [6, 6.07) is 0. The average molecular weight is 262 g/mol. The maximum absolute atomic E-state index is 11.2. The van der Waals surface area contributed by atoms with Gasteiger partial charge in [0, 0.05) is 26.2 Å². The highest BCUT2D eigenvalue weighted by Crippen LogP contribution is 2.03. The van der Waals surface area contributed by atoms with E-state index in [1.807, 2.05) is 0 Å². The van der Waals surface area contributed by atoms with E-state index < -0.39 is 9.84 Å². The molecule has 0 aromatic rings. The molecule has 4 nitrogen and oxygen atoms in total. The van der Waals surface area contributed by atoms with Crippen molar-refractivity contribution >= 4 is 9.84 Å². The molecule has 1 N–H and O–H groups in total. The van der Waals surface area contributed by atoms with Crippen LogP contribution in [-0.2, 0) is 9.84 Å². The summed E-state index contributed by atoms with van der Waals surface area (Å²) in [5, 5.41) is 3.42. The molecule has 0 atom stereocenters. The molecule has 0 bridgehead atoms. The number of hydrogen-bond acceptors (Lipinski definition) is 4. The van der Waals surface area contributed by atoms with Gasteiger partial charge in [-0.05, 0) is 25.3 Å². The molecular weight excluding hydrogens is 236 g/mol. The van der Waals surface area contributed by atoms with Gasteiger partial charge in [-0.2, -0.15) is 0 Å². The van der Waals surface area contributed by atoms with E-state index >= 15 is 0 Å². The van der Waals surface area contributed by atoms with E-state index in [1.54, 1.807) is 0 Å². The predicted octanol–water partition coefficient (Wildman–Crippen LogP) is 0.743. The Balaban J connectivity index is 1.97. The van der Waals surface area contributed by atoms with Crippen LogP contribution in [0.2, 0.25) is 0 Å². The SMILES string of the molecule is CC(C)CCCNCCN1CCS(=O)(=O)CC1. The summed E-state index contributed by atoms with van der Waals surface area (Å²) in [6.07, 6.45) is 2.50. The van der Waals surface area contributed by atoms with Crippen LogP contribution in [0.4, 0.5) is 0 Å². The number of hydrogen-bond donors (Lipinski definition) is 1. The van der Waals surface area contributed by atoms with Crippen molar-refractivity contribution in [1.82, 2.24) is 10.2 Å².